The van der Waals surface area contributed by atoms with E-state index < -0.39 is 0 Å². The lowest BCUT2D eigenvalue weighted by Crippen LogP contribution is -1.84. The molecule has 0 amide bonds. The summed E-state index contributed by atoms with van der Waals surface area (Å²) in [6.07, 6.45) is 0. The Bertz CT molecular complexity index is 786. The van der Waals surface area contributed by atoms with Gasteiger partial charge >= 0.3 is 0 Å². The summed E-state index contributed by atoms with van der Waals surface area (Å²) in [5.74, 6) is 2.23. The van der Waals surface area contributed by atoms with Gasteiger partial charge in [0.1, 0.15) is 17.0 Å². The number of benzene rings is 1. The molecule has 0 unspecified atom stereocenters. The van der Waals surface area contributed by atoms with Crippen LogP contribution in [-0.2, 0) is 0 Å². The van der Waals surface area contributed by atoms with Crippen molar-refractivity contribution in [1.29, 1.82) is 0 Å². The number of anilines is 1. The molecule has 19 heavy (non-hydrogen) atoms. The number of fused-ring (bicyclic) bond motifs is 1. The molecule has 0 aliphatic rings. The van der Waals surface area contributed by atoms with E-state index in [0.29, 0.717) is 17.2 Å². The molecule has 2 N–H and O–H groups in total. The monoisotopic (exact) mass is 320 g/mol. The minimum Gasteiger partial charge on any atom is -0.466 e. The SMILES string of the molecule is Cc1oc(C)c(-c2nc3cc(Br)cc(N)c3o2)c1C. The van der Waals surface area contributed by atoms with Crippen LogP contribution in [0.1, 0.15) is 17.1 Å². The number of aromatic nitrogens is 1. The van der Waals surface area contributed by atoms with Gasteiger partial charge < -0.3 is 14.6 Å². The highest BCUT2D eigenvalue weighted by Crippen LogP contribution is 2.35. The molecule has 3 rings (SSSR count). The number of rotatable bonds is 1. The van der Waals surface area contributed by atoms with Crippen molar-refractivity contribution < 1.29 is 8.83 Å². The van der Waals surface area contributed by atoms with Crippen molar-refractivity contribution in [2.45, 2.75) is 20.8 Å². The molecule has 98 valence electrons. The molecule has 0 fully saturated rings. The van der Waals surface area contributed by atoms with E-state index in [1.165, 1.54) is 0 Å². The van der Waals surface area contributed by atoms with Gasteiger partial charge in [-0.3, -0.25) is 0 Å². The predicted molar refractivity (Wildman–Crippen MR) is 78.0 cm³/mol. The molecule has 3 aromatic rings. The normalized spacial score (nSPS) is 11.4. The number of nitrogens with zero attached hydrogens (tertiary/aromatic N) is 1. The van der Waals surface area contributed by atoms with Crippen molar-refractivity contribution in [3.63, 3.8) is 0 Å². The van der Waals surface area contributed by atoms with Crippen molar-refractivity contribution in [2.24, 2.45) is 0 Å². The minimum atomic E-state index is 0.548. The number of furan rings is 1. The van der Waals surface area contributed by atoms with Gasteiger partial charge in [0.25, 0.3) is 0 Å². The molecule has 2 aromatic heterocycles. The summed E-state index contributed by atoms with van der Waals surface area (Å²) < 4.78 is 12.3. The highest BCUT2D eigenvalue weighted by atomic mass is 79.9. The number of nitrogens with two attached hydrogens (primary N) is 1. The highest BCUT2D eigenvalue weighted by molar-refractivity contribution is 9.10. The van der Waals surface area contributed by atoms with Crippen LogP contribution in [0.3, 0.4) is 0 Å². The third kappa shape index (κ3) is 1.85. The van der Waals surface area contributed by atoms with Gasteiger partial charge in [-0.15, -0.1) is 0 Å². The third-order valence-corrected chi connectivity index (χ3v) is 3.72. The maximum Gasteiger partial charge on any atom is 0.231 e. The maximum absolute atomic E-state index is 5.94. The van der Waals surface area contributed by atoms with Gasteiger partial charge in [0, 0.05) is 10.0 Å². The van der Waals surface area contributed by atoms with Crippen LogP contribution in [0.4, 0.5) is 5.69 Å². The Morgan fingerprint density at radius 3 is 2.47 bits per heavy atom. The Balaban J connectivity index is 2.29. The van der Waals surface area contributed by atoms with Gasteiger partial charge in [0.05, 0.1) is 11.3 Å². The van der Waals surface area contributed by atoms with Crippen LogP contribution in [0.15, 0.2) is 25.4 Å². The molecule has 0 saturated carbocycles. The standard InChI is InChI=1S/C14H13BrN2O2/c1-6-7(2)18-8(3)12(6)14-17-11-5-9(15)4-10(16)13(11)19-14/h4-5H,16H2,1-3H3. The van der Waals surface area contributed by atoms with E-state index in [1.54, 1.807) is 6.07 Å². The maximum atomic E-state index is 5.94. The van der Waals surface area contributed by atoms with Gasteiger partial charge in [-0.05, 0) is 32.9 Å². The van der Waals surface area contributed by atoms with Crippen LogP contribution in [0.2, 0.25) is 0 Å². The first-order chi connectivity index (χ1) is 8.97. The van der Waals surface area contributed by atoms with Crippen LogP contribution < -0.4 is 5.73 Å². The largest absolute Gasteiger partial charge is 0.466 e. The molecular weight excluding hydrogens is 308 g/mol. The van der Waals surface area contributed by atoms with Crippen molar-refractivity contribution in [3.8, 4) is 11.5 Å². The van der Waals surface area contributed by atoms with E-state index >= 15 is 0 Å². The van der Waals surface area contributed by atoms with E-state index in [2.05, 4.69) is 20.9 Å². The van der Waals surface area contributed by atoms with Crippen LogP contribution in [-0.4, -0.2) is 4.98 Å². The fraction of sp³-hybridized carbons (Fsp3) is 0.214. The zero-order valence-corrected chi connectivity index (χ0v) is 12.5. The van der Waals surface area contributed by atoms with Crippen molar-refractivity contribution in [2.75, 3.05) is 5.73 Å². The number of aryl methyl sites for hydroxylation is 2. The average molecular weight is 321 g/mol. The molecular formula is C14H13BrN2O2. The van der Waals surface area contributed by atoms with E-state index in [0.717, 1.165) is 32.6 Å². The van der Waals surface area contributed by atoms with Crippen molar-refractivity contribution in [3.05, 3.63) is 33.7 Å². The Morgan fingerprint density at radius 1 is 1.11 bits per heavy atom. The molecule has 0 aliphatic carbocycles. The van der Waals surface area contributed by atoms with E-state index in [-0.39, 0.29) is 0 Å². The summed E-state index contributed by atoms with van der Waals surface area (Å²) in [5.41, 5.74) is 9.80. The molecule has 0 atom stereocenters. The summed E-state index contributed by atoms with van der Waals surface area (Å²) >= 11 is 3.40. The van der Waals surface area contributed by atoms with Crippen molar-refractivity contribution >= 4 is 32.7 Å². The quantitative estimate of drug-likeness (QED) is 0.676. The first-order valence-corrected chi connectivity index (χ1v) is 6.69. The molecule has 0 bridgehead atoms. The summed E-state index contributed by atoms with van der Waals surface area (Å²) in [5, 5.41) is 0. The van der Waals surface area contributed by atoms with Gasteiger partial charge in [-0.1, -0.05) is 15.9 Å². The average Bonchev–Trinajstić information content (AvgIpc) is 2.81. The fourth-order valence-corrected chi connectivity index (χ4v) is 2.70. The molecule has 0 aliphatic heterocycles. The zero-order chi connectivity index (χ0) is 13.7. The number of oxazole rings is 1. The van der Waals surface area contributed by atoms with Gasteiger partial charge in [0.2, 0.25) is 5.89 Å². The Morgan fingerprint density at radius 2 is 1.84 bits per heavy atom. The molecule has 0 spiro atoms. The van der Waals surface area contributed by atoms with Gasteiger partial charge in [-0.2, -0.15) is 0 Å². The smallest absolute Gasteiger partial charge is 0.231 e. The first-order valence-electron chi connectivity index (χ1n) is 5.90. The Labute approximate surface area is 118 Å². The van der Waals surface area contributed by atoms with E-state index in [9.17, 15) is 0 Å². The minimum absolute atomic E-state index is 0.548. The number of hydrogen-bond acceptors (Lipinski definition) is 4. The lowest BCUT2D eigenvalue weighted by molar-refractivity contribution is 0.502. The van der Waals surface area contributed by atoms with Crippen molar-refractivity contribution in [1.82, 2.24) is 4.98 Å². The molecule has 2 heterocycles. The molecule has 4 nitrogen and oxygen atoms in total. The van der Waals surface area contributed by atoms with Gasteiger partial charge in [0.15, 0.2) is 5.58 Å². The predicted octanol–water partition coefficient (Wildman–Crippen LogP) is 4.36. The molecule has 5 heteroatoms. The summed E-state index contributed by atoms with van der Waals surface area (Å²) in [6, 6.07) is 3.69. The molecule has 1 aromatic carbocycles. The summed E-state index contributed by atoms with van der Waals surface area (Å²) in [7, 11) is 0. The van der Waals surface area contributed by atoms with Crippen LogP contribution >= 0.6 is 15.9 Å². The second kappa shape index (κ2) is 4.13. The first kappa shape index (κ1) is 12.3. The van der Waals surface area contributed by atoms with Crippen LogP contribution in [0.5, 0.6) is 0 Å². The van der Waals surface area contributed by atoms with Crippen LogP contribution in [0, 0.1) is 20.8 Å². The second-order valence-corrected chi connectivity index (χ2v) is 5.49. The fourth-order valence-electron chi connectivity index (χ4n) is 2.24. The lowest BCUT2D eigenvalue weighted by atomic mass is 10.1. The molecule has 0 saturated heterocycles. The second-order valence-electron chi connectivity index (χ2n) is 4.58. The van der Waals surface area contributed by atoms with Crippen LogP contribution in [0.25, 0.3) is 22.6 Å². The zero-order valence-electron chi connectivity index (χ0n) is 10.9. The van der Waals surface area contributed by atoms with E-state index in [4.69, 9.17) is 14.6 Å². The lowest BCUT2D eigenvalue weighted by Gasteiger charge is -1.95. The summed E-state index contributed by atoms with van der Waals surface area (Å²) in [4.78, 5) is 4.50. The number of halogens is 1. The summed E-state index contributed by atoms with van der Waals surface area (Å²) in [6.45, 7) is 5.83. The number of nitrogen functional groups attached to an aromatic ring is 1. The Hall–Kier alpha value is -1.75. The van der Waals surface area contributed by atoms with E-state index in [1.807, 2.05) is 26.8 Å². The Kier molecular flexibility index (Phi) is 2.67. The topological polar surface area (TPSA) is 65.2 Å². The molecule has 0 radical (unpaired) electrons. The van der Waals surface area contributed by atoms with Gasteiger partial charge in [-0.25, -0.2) is 4.98 Å². The third-order valence-electron chi connectivity index (χ3n) is 3.26. The highest BCUT2D eigenvalue weighted by Gasteiger charge is 2.19. The number of hydrogen-bond donors (Lipinski definition) is 1.